The number of benzene rings is 2. The van der Waals surface area contributed by atoms with Crippen molar-refractivity contribution in [2.45, 2.75) is 95.7 Å². The van der Waals surface area contributed by atoms with Crippen LogP contribution in [0.1, 0.15) is 87.9 Å². The van der Waals surface area contributed by atoms with Crippen molar-refractivity contribution in [2.75, 3.05) is 19.6 Å². The summed E-state index contributed by atoms with van der Waals surface area (Å²) in [4.78, 5) is 57.6. The van der Waals surface area contributed by atoms with Gasteiger partial charge in [0.25, 0.3) is 5.91 Å². The molecule has 252 valence electrons. The molecule has 4 N–H and O–H groups in total. The second-order valence-electron chi connectivity index (χ2n) is 14.7. The van der Waals surface area contributed by atoms with Crippen LogP contribution in [0.3, 0.4) is 0 Å². The zero-order valence-electron chi connectivity index (χ0n) is 27.6. The van der Waals surface area contributed by atoms with Gasteiger partial charge in [-0.15, -0.1) is 0 Å². The number of carbonyl (C=O) groups excluding carboxylic acids is 4. The molecule has 1 saturated carbocycles. The Balaban J connectivity index is 1.20. The van der Waals surface area contributed by atoms with E-state index in [1.807, 2.05) is 35.2 Å². The predicted molar refractivity (Wildman–Crippen MR) is 181 cm³/mol. The number of hydrogen-bond acceptors (Lipinski definition) is 5. The van der Waals surface area contributed by atoms with E-state index in [4.69, 9.17) is 17.3 Å². The molecule has 0 unspecified atom stereocenters. The number of likely N-dealkylation sites (tertiary alicyclic amines) is 1. The van der Waals surface area contributed by atoms with Crippen LogP contribution in [0.25, 0.3) is 0 Å². The first kappa shape index (κ1) is 33.5. The van der Waals surface area contributed by atoms with Crippen LogP contribution in [-0.4, -0.2) is 64.8 Å². The summed E-state index contributed by atoms with van der Waals surface area (Å²) in [5, 5.41) is 6.57. The van der Waals surface area contributed by atoms with Crippen LogP contribution in [0.15, 0.2) is 48.5 Å². The molecule has 2 aliphatic heterocycles. The molecule has 0 bridgehead atoms. The van der Waals surface area contributed by atoms with E-state index in [1.165, 1.54) is 16.9 Å². The number of carbonyl (C=O) groups is 4. The molecule has 3 fully saturated rings. The van der Waals surface area contributed by atoms with Gasteiger partial charge >= 0.3 is 6.03 Å². The van der Waals surface area contributed by atoms with Crippen molar-refractivity contribution in [3.8, 4) is 0 Å². The molecule has 2 aromatic rings. The standard InChI is InChI=1S/C37H48ClN5O4/c1-36(2)34(46)43(35(47)41-36)23-37(26-9-4-3-5-10-26)18-20-42(21-19-37)33(45)30(22-24-12-15-27(38)16-13-24)40-32(44)29-17-14-25-8-6-7-11-28(25)31(29)39/h6-8,11-13,15-16,26,29-31H,3-5,9-10,14,17-23,39H2,1-2H3,(H,40,44)(H,41,47)/t29-,30+,31+/m0/s1. The highest BCUT2D eigenvalue weighted by Crippen LogP contribution is 2.47. The summed E-state index contributed by atoms with van der Waals surface area (Å²) in [5.74, 6) is -0.553. The van der Waals surface area contributed by atoms with Crippen LogP contribution in [0, 0.1) is 17.3 Å². The van der Waals surface area contributed by atoms with Gasteiger partial charge in [0, 0.05) is 37.1 Å². The average Bonchev–Trinajstić information content (AvgIpc) is 3.27. The molecular weight excluding hydrogens is 614 g/mol. The molecule has 4 aliphatic rings. The Morgan fingerprint density at radius 2 is 1.68 bits per heavy atom. The summed E-state index contributed by atoms with van der Waals surface area (Å²) in [7, 11) is 0. The average molecular weight is 662 g/mol. The summed E-state index contributed by atoms with van der Waals surface area (Å²) in [5.41, 5.74) is 8.53. The number of piperidine rings is 1. The van der Waals surface area contributed by atoms with Crippen molar-refractivity contribution in [3.05, 3.63) is 70.2 Å². The van der Waals surface area contributed by atoms with Gasteiger partial charge in [0.1, 0.15) is 11.6 Å². The van der Waals surface area contributed by atoms with Crippen molar-refractivity contribution in [1.29, 1.82) is 0 Å². The van der Waals surface area contributed by atoms with Crippen molar-refractivity contribution >= 4 is 35.4 Å². The van der Waals surface area contributed by atoms with Crippen molar-refractivity contribution in [1.82, 2.24) is 20.4 Å². The highest BCUT2D eigenvalue weighted by Gasteiger charge is 2.51. The van der Waals surface area contributed by atoms with E-state index in [0.717, 1.165) is 43.2 Å². The Hall–Kier alpha value is -3.43. The van der Waals surface area contributed by atoms with Gasteiger partial charge in [-0.25, -0.2) is 4.79 Å². The molecule has 10 heteroatoms. The predicted octanol–water partition coefficient (Wildman–Crippen LogP) is 5.15. The number of halogens is 1. The monoisotopic (exact) mass is 661 g/mol. The maximum Gasteiger partial charge on any atom is 0.325 e. The molecule has 0 aromatic heterocycles. The maximum absolute atomic E-state index is 14.3. The molecule has 2 aliphatic carbocycles. The first-order chi connectivity index (χ1) is 22.5. The zero-order valence-corrected chi connectivity index (χ0v) is 28.4. The minimum absolute atomic E-state index is 0.119. The Kier molecular flexibility index (Phi) is 9.68. The number of urea groups is 1. The summed E-state index contributed by atoms with van der Waals surface area (Å²) in [6.07, 6.45) is 8.76. The topological polar surface area (TPSA) is 125 Å². The normalized spacial score (nSPS) is 24.8. The van der Waals surface area contributed by atoms with Crippen LogP contribution in [0.5, 0.6) is 0 Å². The number of aryl methyl sites for hydroxylation is 1. The summed E-state index contributed by atoms with van der Waals surface area (Å²) >= 11 is 6.15. The smallest absolute Gasteiger partial charge is 0.325 e. The fraction of sp³-hybridized carbons (Fsp3) is 0.568. The van der Waals surface area contributed by atoms with Gasteiger partial charge in [0.05, 0.1) is 5.92 Å². The summed E-state index contributed by atoms with van der Waals surface area (Å²) in [6.45, 7) is 4.88. The second kappa shape index (κ2) is 13.6. The molecule has 9 nitrogen and oxygen atoms in total. The molecule has 3 atom stereocenters. The Labute approximate surface area is 282 Å². The fourth-order valence-corrected chi connectivity index (χ4v) is 8.63. The molecule has 5 amide bonds. The molecule has 47 heavy (non-hydrogen) atoms. The first-order valence-electron chi connectivity index (χ1n) is 17.3. The lowest BCUT2D eigenvalue weighted by atomic mass is 9.63. The van der Waals surface area contributed by atoms with Crippen LogP contribution >= 0.6 is 11.6 Å². The van der Waals surface area contributed by atoms with Crippen LogP contribution in [-0.2, 0) is 27.2 Å². The van der Waals surface area contributed by atoms with Gasteiger partial charge in [-0.2, -0.15) is 0 Å². The molecule has 6 rings (SSSR count). The molecule has 0 radical (unpaired) electrons. The van der Waals surface area contributed by atoms with E-state index in [1.54, 1.807) is 26.0 Å². The van der Waals surface area contributed by atoms with E-state index < -0.39 is 23.5 Å². The van der Waals surface area contributed by atoms with Gasteiger partial charge in [-0.05, 0) is 92.5 Å². The van der Waals surface area contributed by atoms with Gasteiger partial charge in [-0.3, -0.25) is 19.3 Å². The number of nitrogens with two attached hydrogens (primary N) is 1. The molecular formula is C37H48ClN5O4. The van der Waals surface area contributed by atoms with E-state index >= 15 is 0 Å². The number of amides is 5. The van der Waals surface area contributed by atoms with E-state index in [2.05, 4.69) is 16.7 Å². The summed E-state index contributed by atoms with van der Waals surface area (Å²) in [6, 6.07) is 13.8. The number of nitrogens with zero attached hydrogens (tertiary/aromatic N) is 2. The highest BCUT2D eigenvalue weighted by molar-refractivity contribution is 6.30. The Bertz CT molecular complexity index is 1500. The maximum atomic E-state index is 14.3. The van der Waals surface area contributed by atoms with E-state index in [-0.39, 0.29) is 29.2 Å². The van der Waals surface area contributed by atoms with Gasteiger partial charge < -0.3 is 21.3 Å². The van der Waals surface area contributed by atoms with Gasteiger partial charge in [0.15, 0.2) is 0 Å². The van der Waals surface area contributed by atoms with Crippen LogP contribution in [0.2, 0.25) is 5.02 Å². The Morgan fingerprint density at radius 1 is 1.00 bits per heavy atom. The number of imide groups is 1. The molecule has 2 saturated heterocycles. The van der Waals surface area contributed by atoms with Gasteiger partial charge in [0.2, 0.25) is 11.8 Å². The lowest BCUT2D eigenvalue weighted by Gasteiger charge is -2.49. The zero-order chi connectivity index (χ0) is 33.3. The summed E-state index contributed by atoms with van der Waals surface area (Å²) < 4.78 is 0. The largest absolute Gasteiger partial charge is 0.344 e. The lowest BCUT2D eigenvalue weighted by Crippen LogP contribution is -2.57. The van der Waals surface area contributed by atoms with Crippen LogP contribution < -0.4 is 16.4 Å². The van der Waals surface area contributed by atoms with Crippen molar-refractivity contribution in [3.63, 3.8) is 0 Å². The number of rotatable bonds is 8. The fourth-order valence-electron chi connectivity index (χ4n) is 8.50. The molecule has 0 spiro atoms. The minimum atomic E-state index is -0.919. The molecule has 2 aromatic carbocycles. The van der Waals surface area contributed by atoms with Crippen molar-refractivity contribution in [2.24, 2.45) is 23.0 Å². The van der Waals surface area contributed by atoms with Crippen LogP contribution in [0.4, 0.5) is 4.79 Å². The second-order valence-corrected chi connectivity index (χ2v) is 15.2. The first-order valence-corrected chi connectivity index (χ1v) is 17.7. The lowest BCUT2D eigenvalue weighted by molar-refractivity contribution is -0.141. The third-order valence-corrected chi connectivity index (χ3v) is 11.6. The number of nitrogens with one attached hydrogen (secondary N) is 2. The molecule has 2 heterocycles. The minimum Gasteiger partial charge on any atom is -0.344 e. The SMILES string of the molecule is CC1(C)NC(=O)N(CC2(C3CCCCC3)CCN(C(=O)[C@@H](Cc3ccc(Cl)cc3)NC(=O)[C@H]3CCc4ccccc4[C@H]3N)CC2)C1=O. The van der Waals surface area contributed by atoms with Gasteiger partial charge in [-0.1, -0.05) is 67.3 Å². The Morgan fingerprint density at radius 3 is 2.34 bits per heavy atom. The van der Waals surface area contributed by atoms with Crippen molar-refractivity contribution < 1.29 is 19.2 Å². The number of hydrogen-bond donors (Lipinski definition) is 3. The highest BCUT2D eigenvalue weighted by atomic mass is 35.5. The number of fused-ring (bicyclic) bond motifs is 1. The third kappa shape index (κ3) is 6.93. The van der Waals surface area contributed by atoms with E-state index in [0.29, 0.717) is 56.3 Å². The van der Waals surface area contributed by atoms with E-state index in [9.17, 15) is 19.2 Å². The third-order valence-electron chi connectivity index (χ3n) is 11.3. The quantitative estimate of drug-likeness (QED) is 0.338.